The molecule has 0 saturated carbocycles. The van der Waals surface area contributed by atoms with Gasteiger partial charge in [-0.15, -0.1) is 11.3 Å². The normalized spacial score (nSPS) is 11.3. The van der Waals surface area contributed by atoms with Crippen molar-refractivity contribution in [1.82, 2.24) is 4.98 Å². The minimum absolute atomic E-state index is 0.0666. The maximum absolute atomic E-state index is 13.2. The van der Waals surface area contributed by atoms with E-state index >= 15 is 0 Å². The third-order valence-corrected chi connectivity index (χ3v) is 7.01. The van der Waals surface area contributed by atoms with Gasteiger partial charge in [0.15, 0.2) is 0 Å². The summed E-state index contributed by atoms with van der Waals surface area (Å²) in [6.07, 6.45) is 1.60. The van der Waals surface area contributed by atoms with Crippen LogP contribution in [0.5, 0.6) is 0 Å². The van der Waals surface area contributed by atoms with Gasteiger partial charge in [-0.25, -0.2) is 4.79 Å². The quantitative estimate of drug-likeness (QED) is 0.185. The molecule has 6 nitrogen and oxygen atoms in total. The van der Waals surface area contributed by atoms with Crippen LogP contribution in [0.4, 0.5) is 5.00 Å². The van der Waals surface area contributed by atoms with Gasteiger partial charge in [-0.1, -0.05) is 48.5 Å². The summed E-state index contributed by atoms with van der Waals surface area (Å²) in [4.78, 5) is 30.1. The van der Waals surface area contributed by atoms with Gasteiger partial charge >= 0.3 is 5.97 Å². The van der Waals surface area contributed by atoms with Gasteiger partial charge in [-0.3, -0.25) is 4.79 Å². The van der Waals surface area contributed by atoms with Crippen molar-refractivity contribution in [2.75, 3.05) is 11.9 Å². The van der Waals surface area contributed by atoms with Crippen LogP contribution in [0.1, 0.15) is 38.8 Å². The fraction of sp³-hybridized carbons (Fsp3) is 0.179. The molecule has 2 aromatic heterocycles. The van der Waals surface area contributed by atoms with Crippen molar-refractivity contribution in [2.24, 2.45) is 0 Å². The number of rotatable bonds is 6. The van der Waals surface area contributed by atoms with Gasteiger partial charge in [0.1, 0.15) is 16.6 Å². The lowest BCUT2D eigenvalue weighted by atomic mass is 10.0. The monoisotopic (exact) mass is 483 g/mol. The first-order valence-electron chi connectivity index (χ1n) is 11.2. The number of para-hydroxylation sites is 1. The molecule has 2 N–H and O–H groups in total. The first-order chi connectivity index (χ1) is 16.8. The van der Waals surface area contributed by atoms with Crippen LogP contribution in [0.2, 0.25) is 0 Å². The number of nitrogens with one attached hydrogen (secondary N) is 2. The number of nitriles is 1. The van der Waals surface area contributed by atoms with Gasteiger partial charge < -0.3 is 15.0 Å². The summed E-state index contributed by atoms with van der Waals surface area (Å²) in [7, 11) is 0. The van der Waals surface area contributed by atoms with Crippen LogP contribution in [-0.4, -0.2) is 23.5 Å². The van der Waals surface area contributed by atoms with E-state index in [1.54, 1.807) is 13.0 Å². The Labute approximate surface area is 207 Å². The minimum Gasteiger partial charge on any atom is -0.462 e. The summed E-state index contributed by atoms with van der Waals surface area (Å²) in [6, 6.07) is 17.7. The summed E-state index contributed by atoms with van der Waals surface area (Å²) in [5.74, 6) is -1.08. The largest absolute Gasteiger partial charge is 0.462 e. The third-order valence-electron chi connectivity index (χ3n) is 5.89. The Morgan fingerprint density at radius 2 is 1.86 bits per heavy atom. The maximum atomic E-state index is 13.2. The van der Waals surface area contributed by atoms with Gasteiger partial charge in [-0.2, -0.15) is 5.26 Å². The first-order valence-corrected chi connectivity index (χ1v) is 12.0. The molecule has 0 aliphatic carbocycles. The summed E-state index contributed by atoms with van der Waals surface area (Å²) < 4.78 is 5.17. The number of hydrogen-bond donors (Lipinski definition) is 2. The number of aromatic nitrogens is 1. The molecule has 4 rings (SSSR count). The Kier molecular flexibility index (Phi) is 6.85. The van der Waals surface area contributed by atoms with E-state index in [-0.39, 0.29) is 12.2 Å². The van der Waals surface area contributed by atoms with Gasteiger partial charge in [0, 0.05) is 21.3 Å². The predicted molar refractivity (Wildman–Crippen MR) is 140 cm³/mol. The average molecular weight is 484 g/mol. The highest BCUT2D eigenvalue weighted by atomic mass is 32.1. The van der Waals surface area contributed by atoms with Crippen molar-refractivity contribution in [2.45, 2.75) is 27.7 Å². The first kappa shape index (κ1) is 24.0. The zero-order valence-corrected chi connectivity index (χ0v) is 20.8. The number of carbonyl (C=O) groups is 2. The Hall–Kier alpha value is -4.15. The Morgan fingerprint density at radius 3 is 2.54 bits per heavy atom. The summed E-state index contributed by atoms with van der Waals surface area (Å²) >= 11 is 1.29. The zero-order chi connectivity index (χ0) is 25.1. The van der Waals surface area contributed by atoms with E-state index in [0.717, 1.165) is 43.7 Å². The second-order valence-electron chi connectivity index (χ2n) is 8.11. The van der Waals surface area contributed by atoms with Crippen LogP contribution in [0.15, 0.2) is 54.1 Å². The number of nitrogens with zero attached hydrogens (tertiary/aromatic N) is 1. The number of thiophene rings is 1. The van der Waals surface area contributed by atoms with Crippen LogP contribution in [0, 0.1) is 32.1 Å². The highest BCUT2D eigenvalue weighted by molar-refractivity contribution is 7.16. The Bertz CT molecular complexity index is 1500. The predicted octanol–water partition coefficient (Wildman–Crippen LogP) is 6.54. The standard InChI is InChI=1S/C28H25N3O3S/c1-5-34-28(33)23-17(3)18(4)35-27(23)31-26(32)20(15-29)14-22-21-13-9-10-16(2)24(21)30-25(22)19-11-7-6-8-12-19/h6-14,30H,5H2,1-4H3,(H,31,32)/b20-14+. The number of fused-ring (bicyclic) bond motifs is 1. The molecule has 0 spiro atoms. The molecule has 2 aromatic carbocycles. The number of hydrogen-bond acceptors (Lipinski definition) is 5. The lowest BCUT2D eigenvalue weighted by Gasteiger charge is -2.07. The molecule has 0 aliphatic rings. The summed E-state index contributed by atoms with van der Waals surface area (Å²) in [5, 5.41) is 14.0. The number of anilines is 1. The fourth-order valence-corrected chi connectivity index (χ4v) is 5.04. The molecule has 7 heteroatoms. The molecule has 176 valence electrons. The zero-order valence-electron chi connectivity index (χ0n) is 20.0. The van der Waals surface area contributed by atoms with Crippen LogP contribution in [0.3, 0.4) is 0 Å². The number of esters is 1. The minimum atomic E-state index is -0.583. The van der Waals surface area contributed by atoms with E-state index in [1.165, 1.54) is 11.3 Å². The fourth-order valence-electron chi connectivity index (χ4n) is 3.99. The average Bonchev–Trinajstić information content (AvgIpc) is 3.35. The van der Waals surface area contributed by atoms with Gasteiger partial charge in [0.25, 0.3) is 5.91 Å². The van der Waals surface area contributed by atoms with Crippen molar-refractivity contribution < 1.29 is 14.3 Å². The van der Waals surface area contributed by atoms with Crippen LogP contribution in [-0.2, 0) is 9.53 Å². The van der Waals surface area contributed by atoms with Crippen molar-refractivity contribution in [3.8, 4) is 17.3 Å². The molecule has 0 fully saturated rings. The molecule has 0 atom stereocenters. The van der Waals surface area contributed by atoms with Gasteiger partial charge in [0.2, 0.25) is 0 Å². The number of aryl methyl sites for hydroxylation is 2. The number of amides is 1. The molecule has 35 heavy (non-hydrogen) atoms. The molecule has 0 unspecified atom stereocenters. The van der Waals surface area contributed by atoms with E-state index in [9.17, 15) is 14.9 Å². The molecule has 2 heterocycles. The molecular formula is C28H25N3O3S. The van der Waals surface area contributed by atoms with Crippen molar-refractivity contribution in [1.29, 1.82) is 5.26 Å². The SMILES string of the molecule is CCOC(=O)c1c(NC(=O)/C(C#N)=C/c2c(-c3ccccc3)[nH]c3c(C)cccc23)sc(C)c1C. The summed E-state index contributed by atoms with van der Waals surface area (Å²) in [5.41, 5.74) is 5.55. The van der Waals surface area contributed by atoms with Crippen molar-refractivity contribution in [3.05, 3.63) is 81.2 Å². The third kappa shape index (κ3) is 4.61. The van der Waals surface area contributed by atoms with Crippen LogP contribution < -0.4 is 5.32 Å². The smallest absolute Gasteiger partial charge is 0.341 e. The van der Waals surface area contributed by atoms with Crippen molar-refractivity contribution >= 4 is 45.2 Å². The molecule has 0 saturated heterocycles. The highest BCUT2D eigenvalue weighted by Crippen LogP contribution is 2.35. The molecule has 1 amide bonds. The molecule has 0 radical (unpaired) electrons. The Morgan fingerprint density at radius 1 is 1.11 bits per heavy atom. The lowest BCUT2D eigenvalue weighted by molar-refractivity contribution is -0.112. The van der Waals surface area contributed by atoms with E-state index in [4.69, 9.17) is 4.74 Å². The maximum Gasteiger partial charge on any atom is 0.341 e. The number of ether oxygens (including phenoxy) is 1. The van der Waals surface area contributed by atoms with Crippen LogP contribution >= 0.6 is 11.3 Å². The van der Waals surface area contributed by atoms with E-state index in [1.807, 2.05) is 75.4 Å². The van der Waals surface area contributed by atoms with E-state index in [2.05, 4.69) is 10.3 Å². The number of H-pyrrole nitrogens is 1. The topological polar surface area (TPSA) is 95.0 Å². The molecule has 0 bridgehead atoms. The highest BCUT2D eigenvalue weighted by Gasteiger charge is 2.24. The van der Waals surface area contributed by atoms with Crippen LogP contribution in [0.25, 0.3) is 28.2 Å². The van der Waals surface area contributed by atoms with E-state index in [0.29, 0.717) is 10.6 Å². The molecule has 4 aromatic rings. The van der Waals surface area contributed by atoms with Crippen molar-refractivity contribution in [3.63, 3.8) is 0 Å². The Balaban J connectivity index is 1.79. The summed E-state index contributed by atoms with van der Waals surface area (Å²) in [6.45, 7) is 7.66. The second-order valence-corrected chi connectivity index (χ2v) is 9.33. The lowest BCUT2D eigenvalue weighted by Crippen LogP contribution is -2.16. The number of aromatic amines is 1. The molecule has 0 aliphatic heterocycles. The second kappa shape index (κ2) is 10.00. The van der Waals surface area contributed by atoms with Gasteiger partial charge in [-0.05, 0) is 50.5 Å². The molecular weight excluding hydrogens is 458 g/mol. The number of carbonyl (C=O) groups excluding carboxylic acids is 2. The van der Waals surface area contributed by atoms with Gasteiger partial charge in [0.05, 0.1) is 17.9 Å². The van der Waals surface area contributed by atoms with E-state index < -0.39 is 11.9 Å². The number of benzene rings is 2.